The molecule has 6 heteroatoms. The first-order chi connectivity index (χ1) is 10.1. The van der Waals surface area contributed by atoms with E-state index < -0.39 is 16.1 Å². The van der Waals surface area contributed by atoms with E-state index in [-0.39, 0.29) is 5.69 Å². The van der Waals surface area contributed by atoms with E-state index in [0.717, 1.165) is 17.3 Å². The zero-order valence-electron chi connectivity index (χ0n) is 11.0. The van der Waals surface area contributed by atoms with Gasteiger partial charge in [0.25, 0.3) is 5.69 Å². The molecule has 0 spiro atoms. The zero-order chi connectivity index (χ0) is 15.2. The molecule has 1 N–H and O–H groups in total. The van der Waals surface area contributed by atoms with Gasteiger partial charge >= 0.3 is 5.97 Å². The predicted octanol–water partition coefficient (Wildman–Crippen LogP) is 3.38. The van der Waals surface area contributed by atoms with E-state index in [1.807, 2.05) is 30.3 Å². The largest absolute Gasteiger partial charge is 0.480 e. The Kier molecular flexibility index (Phi) is 4.94. The third kappa shape index (κ3) is 4.06. The Labute approximate surface area is 125 Å². The Hall–Kier alpha value is -2.34. The van der Waals surface area contributed by atoms with Crippen LogP contribution in [0.1, 0.15) is 5.56 Å². The smallest absolute Gasteiger partial charge is 0.317 e. The molecule has 2 aromatic carbocycles. The number of carboxylic acid groups (broad SMARTS) is 1. The van der Waals surface area contributed by atoms with Gasteiger partial charge < -0.3 is 5.11 Å². The minimum Gasteiger partial charge on any atom is -0.480 e. The molecule has 1 unspecified atom stereocenters. The lowest BCUT2D eigenvalue weighted by Gasteiger charge is -2.12. The summed E-state index contributed by atoms with van der Waals surface area (Å²) in [6.45, 7) is 0. The number of hydrogen-bond acceptors (Lipinski definition) is 4. The fourth-order valence-electron chi connectivity index (χ4n) is 1.87. The number of thioether (sulfide) groups is 1. The number of nitro groups is 1. The quantitative estimate of drug-likeness (QED) is 0.502. The maximum atomic E-state index is 11.4. The van der Waals surface area contributed by atoms with Crippen molar-refractivity contribution in [2.45, 2.75) is 16.6 Å². The number of para-hydroxylation sites is 1. The molecular weight excluding hydrogens is 290 g/mol. The van der Waals surface area contributed by atoms with Crippen LogP contribution in [0.25, 0.3) is 0 Å². The summed E-state index contributed by atoms with van der Waals surface area (Å²) >= 11 is 1.01. The van der Waals surface area contributed by atoms with Gasteiger partial charge in [0, 0.05) is 6.07 Å². The minimum absolute atomic E-state index is 0.0678. The highest BCUT2D eigenvalue weighted by Gasteiger charge is 2.23. The van der Waals surface area contributed by atoms with Crippen LogP contribution in [0.3, 0.4) is 0 Å². The summed E-state index contributed by atoms with van der Waals surface area (Å²) in [5.74, 6) is -0.984. The van der Waals surface area contributed by atoms with Crippen LogP contribution in [0.4, 0.5) is 5.69 Å². The molecule has 0 saturated heterocycles. The van der Waals surface area contributed by atoms with Crippen molar-refractivity contribution in [1.82, 2.24) is 0 Å². The van der Waals surface area contributed by atoms with Crippen molar-refractivity contribution in [2.24, 2.45) is 0 Å². The monoisotopic (exact) mass is 303 g/mol. The maximum absolute atomic E-state index is 11.4. The number of nitro benzene ring substituents is 1. The van der Waals surface area contributed by atoms with Crippen LogP contribution in [0.5, 0.6) is 0 Å². The van der Waals surface area contributed by atoms with Crippen LogP contribution in [-0.2, 0) is 11.2 Å². The van der Waals surface area contributed by atoms with E-state index in [0.29, 0.717) is 11.3 Å². The molecule has 0 aliphatic carbocycles. The van der Waals surface area contributed by atoms with Gasteiger partial charge in [0.15, 0.2) is 0 Å². The molecular formula is C15H13NO4S. The van der Waals surface area contributed by atoms with Gasteiger partial charge in [-0.25, -0.2) is 0 Å². The summed E-state index contributed by atoms with van der Waals surface area (Å²) in [7, 11) is 0. The molecule has 0 bridgehead atoms. The lowest BCUT2D eigenvalue weighted by molar-refractivity contribution is -0.387. The molecule has 0 fully saturated rings. The predicted molar refractivity (Wildman–Crippen MR) is 80.5 cm³/mol. The fourth-order valence-corrected chi connectivity index (χ4v) is 2.97. The Morgan fingerprint density at radius 1 is 1.14 bits per heavy atom. The van der Waals surface area contributed by atoms with E-state index in [9.17, 15) is 20.0 Å². The number of carboxylic acids is 1. The van der Waals surface area contributed by atoms with E-state index in [2.05, 4.69) is 0 Å². The number of rotatable bonds is 6. The van der Waals surface area contributed by atoms with Gasteiger partial charge in [-0.1, -0.05) is 42.5 Å². The molecule has 0 amide bonds. The van der Waals surface area contributed by atoms with Gasteiger partial charge in [-0.15, -0.1) is 11.8 Å². The molecule has 5 nitrogen and oxygen atoms in total. The van der Waals surface area contributed by atoms with Crippen LogP contribution in [0.2, 0.25) is 0 Å². The standard InChI is InChI=1S/C15H13NO4S/c17-15(18)14(10-11-6-2-1-3-7-11)21-13-9-5-4-8-12(13)16(19)20/h1-9,14H,10H2,(H,17,18). The highest BCUT2D eigenvalue weighted by molar-refractivity contribution is 8.00. The Balaban J connectivity index is 2.21. The number of nitrogens with zero attached hydrogens (tertiary/aromatic N) is 1. The fraction of sp³-hybridized carbons (Fsp3) is 0.133. The van der Waals surface area contributed by atoms with Crippen LogP contribution < -0.4 is 0 Å². The van der Waals surface area contributed by atoms with Gasteiger partial charge in [-0.2, -0.15) is 0 Å². The van der Waals surface area contributed by atoms with Crippen molar-refractivity contribution in [3.8, 4) is 0 Å². The highest BCUT2D eigenvalue weighted by atomic mass is 32.2. The van der Waals surface area contributed by atoms with Crippen LogP contribution in [0.15, 0.2) is 59.5 Å². The molecule has 0 aromatic heterocycles. The van der Waals surface area contributed by atoms with Crippen molar-refractivity contribution in [2.75, 3.05) is 0 Å². The van der Waals surface area contributed by atoms with Crippen LogP contribution >= 0.6 is 11.8 Å². The lowest BCUT2D eigenvalue weighted by Crippen LogP contribution is -2.19. The first-order valence-electron chi connectivity index (χ1n) is 6.24. The third-order valence-corrected chi connectivity index (χ3v) is 4.12. The first-order valence-corrected chi connectivity index (χ1v) is 7.12. The normalized spacial score (nSPS) is 11.8. The van der Waals surface area contributed by atoms with Gasteiger partial charge in [0.05, 0.1) is 9.82 Å². The molecule has 0 aliphatic heterocycles. The summed E-state index contributed by atoms with van der Waals surface area (Å²) in [4.78, 5) is 22.2. The van der Waals surface area contributed by atoms with Gasteiger partial charge in [-0.3, -0.25) is 14.9 Å². The van der Waals surface area contributed by atoms with Gasteiger partial charge in [0.2, 0.25) is 0 Å². The van der Waals surface area contributed by atoms with Crippen molar-refractivity contribution in [1.29, 1.82) is 0 Å². The van der Waals surface area contributed by atoms with E-state index >= 15 is 0 Å². The van der Waals surface area contributed by atoms with Gasteiger partial charge in [0.1, 0.15) is 5.25 Å². The number of hydrogen-bond donors (Lipinski definition) is 1. The van der Waals surface area contributed by atoms with Crippen molar-refractivity contribution < 1.29 is 14.8 Å². The molecule has 0 radical (unpaired) electrons. The highest BCUT2D eigenvalue weighted by Crippen LogP contribution is 2.33. The molecule has 0 saturated carbocycles. The number of benzene rings is 2. The molecule has 0 heterocycles. The second-order valence-corrected chi connectivity index (χ2v) is 5.60. The Morgan fingerprint density at radius 2 is 1.76 bits per heavy atom. The van der Waals surface area contributed by atoms with Crippen molar-refractivity contribution in [3.05, 3.63) is 70.3 Å². The third-order valence-electron chi connectivity index (χ3n) is 2.87. The summed E-state index contributed by atoms with van der Waals surface area (Å²) in [6.07, 6.45) is 0.312. The second kappa shape index (κ2) is 6.90. The molecule has 2 rings (SSSR count). The molecule has 1 atom stereocenters. The van der Waals surface area contributed by atoms with Crippen molar-refractivity contribution in [3.63, 3.8) is 0 Å². The average molecular weight is 303 g/mol. The second-order valence-electron chi connectivity index (χ2n) is 4.36. The van der Waals surface area contributed by atoms with E-state index in [1.54, 1.807) is 18.2 Å². The topological polar surface area (TPSA) is 80.4 Å². The Bertz CT molecular complexity index is 645. The number of aliphatic carboxylic acids is 1. The molecule has 0 aliphatic rings. The molecule has 21 heavy (non-hydrogen) atoms. The number of carbonyl (C=O) groups is 1. The first kappa shape index (κ1) is 15.1. The Morgan fingerprint density at radius 3 is 2.38 bits per heavy atom. The zero-order valence-corrected chi connectivity index (χ0v) is 11.8. The molecule has 2 aromatic rings. The summed E-state index contributed by atoms with van der Waals surface area (Å²) < 4.78 is 0. The lowest BCUT2D eigenvalue weighted by atomic mass is 10.1. The van der Waals surface area contributed by atoms with E-state index in [1.165, 1.54) is 6.07 Å². The summed E-state index contributed by atoms with van der Waals surface area (Å²) in [5.41, 5.74) is 0.817. The maximum Gasteiger partial charge on any atom is 0.317 e. The van der Waals surface area contributed by atoms with Crippen LogP contribution in [-0.4, -0.2) is 21.2 Å². The van der Waals surface area contributed by atoms with E-state index in [4.69, 9.17) is 0 Å². The summed E-state index contributed by atoms with van der Waals surface area (Å²) in [6, 6.07) is 15.4. The minimum atomic E-state index is -0.984. The summed E-state index contributed by atoms with van der Waals surface area (Å²) in [5, 5.41) is 19.5. The van der Waals surface area contributed by atoms with Crippen LogP contribution in [0, 0.1) is 10.1 Å². The van der Waals surface area contributed by atoms with Gasteiger partial charge in [-0.05, 0) is 18.1 Å². The SMILES string of the molecule is O=C(O)C(Cc1ccccc1)Sc1ccccc1[N+](=O)[O-]. The average Bonchev–Trinajstić information content (AvgIpc) is 2.48. The van der Waals surface area contributed by atoms with Crippen molar-refractivity contribution >= 4 is 23.4 Å². The molecule has 108 valence electrons.